The topological polar surface area (TPSA) is 40.5 Å². The smallest absolute Gasteiger partial charge is 0.159 e. The monoisotopic (exact) mass is 458 g/mol. The number of aliphatic imine (C=N–C) groups is 1. The molecule has 0 bridgehead atoms. The van der Waals surface area contributed by atoms with Crippen molar-refractivity contribution in [3.8, 4) is 0 Å². The maximum absolute atomic E-state index is 6.04. The molecule has 0 amide bonds. The zero-order valence-corrected chi connectivity index (χ0v) is 16.9. The van der Waals surface area contributed by atoms with Gasteiger partial charge in [0, 0.05) is 47.7 Å². The number of amidine groups is 1. The van der Waals surface area contributed by atoms with Gasteiger partial charge < -0.3 is 10.2 Å². The van der Waals surface area contributed by atoms with Gasteiger partial charge in [0.2, 0.25) is 0 Å². The van der Waals surface area contributed by atoms with Crippen molar-refractivity contribution in [2.24, 2.45) is 4.99 Å². The van der Waals surface area contributed by atoms with E-state index in [0.717, 1.165) is 53.3 Å². The van der Waals surface area contributed by atoms with Crippen LogP contribution in [0.25, 0.3) is 0 Å². The Balaban J connectivity index is 1.32. The molecule has 8 heteroatoms. The number of nitrogens with one attached hydrogen (secondary N) is 1. The molecule has 0 atom stereocenters. The highest BCUT2D eigenvalue weighted by Gasteiger charge is 2.31. The standard InChI is InChI=1S/C17H14BrCl3N4/c18-14-3-10-4-15(23-17(10)24-16(14)21)25-7-13(8-25)22-6-9-1-11(19)5-12(20)2-9/h1-3,5,13,22H,4,6-8H2. The number of aromatic nitrogens is 1. The van der Waals surface area contributed by atoms with Crippen LogP contribution in [0.3, 0.4) is 0 Å². The van der Waals surface area contributed by atoms with E-state index in [0.29, 0.717) is 21.2 Å². The van der Waals surface area contributed by atoms with Gasteiger partial charge in [-0.15, -0.1) is 0 Å². The Morgan fingerprint density at radius 1 is 1.12 bits per heavy atom. The number of hydrogen-bond donors (Lipinski definition) is 1. The second-order valence-corrected chi connectivity index (χ2v) is 8.29. The summed E-state index contributed by atoms with van der Waals surface area (Å²) < 4.78 is 0.813. The number of hydrogen-bond acceptors (Lipinski definition) is 4. The van der Waals surface area contributed by atoms with Crippen molar-refractivity contribution >= 4 is 62.4 Å². The van der Waals surface area contributed by atoms with Crippen LogP contribution in [0, 0.1) is 0 Å². The van der Waals surface area contributed by atoms with Crippen LogP contribution in [0.1, 0.15) is 11.1 Å². The van der Waals surface area contributed by atoms with Gasteiger partial charge in [0.25, 0.3) is 0 Å². The number of likely N-dealkylation sites (tertiary alicyclic amines) is 1. The molecular formula is C17H14BrCl3N4. The predicted octanol–water partition coefficient (Wildman–Crippen LogP) is 4.86. The molecule has 1 aromatic heterocycles. The Labute approximate surface area is 169 Å². The highest BCUT2D eigenvalue weighted by molar-refractivity contribution is 9.10. The summed E-state index contributed by atoms with van der Waals surface area (Å²) in [6, 6.07) is 8.03. The fourth-order valence-corrected chi connectivity index (χ4v) is 4.10. The van der Waals surface area contributed by atoms with Gasteiger partial charge in [0.05, 0.1) is 4.47 Å². The van der Waals surface area contributed by atoms with Crippen molar-refractivity contribution in [1.82, 2.24) is 15.2 Å². The number of pyridine rings is 1. The lowest BCUT2D eigenvalue weighted by Crippen LogP contribution is -2.59. The molecule has 4 rings (SSSR count). The first kappa shape index (κ1) is 17.6. The molecular weight excluding hydrogens is 446 g/mol. The predicted molar refractivity (Wildman–Crippen MR) is 106 cm³/mol. The third-order valence-corrected chi connectivity index (χ3v) is 5.89. The molecule has 25 heavy (non-hydrogen) atoms. The molecule has 1 saturated heterocycles. The Bertz CT molecular complexity index is 845. The SMILES string of the molecule is Clc1cc(Cl)cc(CNC2CN(C3=Nc4nc(Cl)c(Br)cc4C3)C2)c1. The third kappa shape index (κ3) is 3.81. The second-order valence-electron chi connectivity index (χ2n) is 6.21. The summed E-state index contributed by atoms with van der Waals surface area (Å²) in [7, 11) is 0. The van der Waals surface area contributed by atoms with E-state index in [9.17, 15) is 0 Å². The summed E-state index contributed by atoms with van der Waals surface area (Å²) in [5.74, 6) is 1.79. The van der Waals surface area contributed by atoms with Gasteiger partial charge in [-0.25, -0.2) is 9.98 Å². The zero-order chi connectivity index (χ0) is 17.6. The van der Waals surface area contributed by atoms with Gasteiger partial charge in [-0.1, -0.05) is 34.8 Å². The van der Waals surface area contributed by atoms with Crippen molar-refractivity contribution in [3.63, 3.8) is 0 Å². The van der Waals surface area contributed by atoms with Crippen molar-refractivity contribution in [3.05, 3.63) is 55.1 Å². The summed E-state index contributed by atoms with van der Waals surface area (Å²) in [5.41, 5.74) is 2.20. The molecule has 0 unspecified atom stereocenters. The average Bonchev–Trinajstić information content (AvgIpc) is 2.87. The summed E-state index contributed by atoms with van der Waals surface area (Å²) in [6.45, 7) is 2.60. The summed E-state index contributed by atoms with van der Waals surface area (Å²) in [6.07, 6.45) is 0.800. The number of rotatable bonds is 3. The van der Waals surface area contributed by atoms with E-state index in [1.807, 2.05) is 18.2 Å². The van der Waals surface area contributed by atoms with E-state index >= 15 is 0 Å². The molecule has 0 spiro atoms. The van der Waals surface area contributed by atoms with Gasteiger partial charge >= 0.3 is 0 Å². The number of nitrogens with zero attached hydrogens (tertiary/aromatic N) is 3. The van der Waals surface area contributed by atoms with E-state index in [1.165, 1.54) is 0 Å². The lowest BCUT2D eigenvalue weighted by molar-refractivity contribution is 0.212. The molecule has 1 fully saturated rings. The van der Waals surface area contributed by atoms with Crippen LogP contribution in [0.4, 0.5) is 5.82 Å². The minimum Gasteiger partial charge on any atom is -0.356 e. The van der Waals surface area contributed by atoms with Crippen molar-refractivity contribution in [2.45, 2.75) is 19.0 Å². The second kappa shape index (κ2) is 7.05. The number of benzene rings is 1. The Morgan fingerprint density at radius 2 is 1.84 bits per heavy atom. The molecule has 1 aromatic carbocycles. The minimum atomic E-state index is 0.424. The Morgan fingerprint density at radius 3 is 2.56 bits per heavy atom. The first-order valence-electron chi connectivity index (χ1n) is 7.84. The molecule has 3 heterocycles. The van der Waals surface area contributed by atoms with Gasteiger partial charge in [-0.3, -0.25) is 0 Å². The number of halogens is 4. The minimum absolute atomic E-state index is 0.424. The molecule has 2 aliphatic rings. The van der Waals surface area contributed by atoms with Gasteiger partial charge in [-0.2, -0.15) is 0 Å². The van der Waals surface area contributed by atoms with E-state index in [-0.39, 0.29) is 0 Å². The summed E-state index contributed by atoms with van der Waals surface area (Å²) >= 11 is 21.5. The van der Waals surface area contributed by atoms with Crippen LogP contribution < -0.4 is 5.32 Å². The normalized spacial score (nSPS) is 16.6. The molecule has 2 aliphatic heterocycles. The number of fused-ring (bicyclic) bond motifs is 1. The van der Waals surface area contributed by atoms with Crippen molar-refractivity contribution in [2.75, 3.05) is 13.1 Å². The molecule has 0 saturated carbocycles. The third-order valence-electron chi connectivity index (χ3n) is 4.34. The van der Waals surface area contributed by atoms with Gasteiger partial charge in [0.15, 0.2) is 5.82 Å². The van der Waals surface area contributed by atoms with Crippen LogP contribution in [0.5, 0.6) is 0 Å². The van der Waals surface area contributed by atoms with Crippen molar-refractivity contribution < 1.29 is 0 Å². The van der Waals surface area contributed by atoms with Crippen LogP contribution in [-0.4, -0.2) is 34.9 Å². The van der Waals surface area contributed by atoms with Crippen LogP contribution in [0.2, 0.25) is 15.2 Å². The van der Waals surface area contributed by atoms with Crippen LogP contribution in [0.15, 0.2) is 33.7 Å². The first-order valence-corrected chi connectivity index (χ1v) is 9.76. The first-order chi connectivity index (χ1) is 12.0. The molecule has 0 aliphatic carbocycles. The molecule has 1 N–H and O–H groups in total. The fraction of sp³-hybridized carbons (Fsp3) is 0.294. The van der Waals surface area contributed by atoms with Gasteiger partial charge in [-0.05, 0) is 45.8 Å². The highest BCUT2D eigenvalue weighted by atomic mass is 79.9. The van der Waals surface area contributed by atoms with E-state index < -0.39 is 0 Å². The molecule has 0 radical (unpaired) electrons. The van der Waals surface area contributed by atoms with Crippen LogP contribution in [-0.2, 0) is 13.0 Å². The summed E-state index contributed by atoms with van der Waals surface area (Å²) in [4.78, 5) is 11.2. The van der Waals surface area contributed by atoms with Crippen molar-refractivity contribution in [1.29, 1.82) is 0 Å². The van der Waals surface area contributed by atoms with Gasteiger partial charge in [0.1, 0.15) is 11.0 Å². The largest absolute Gasteiger partial charge is 0.356 e. The quantitative estimate of drug-likeness (QED) is 0.665. The summed E-state index contributed by atoms with van der Waals surface area (Å²) in [5, 5.41) is 5.30. The Kier molecular flexibility index (Phi) is 4.95. The van der Waals surface area contributed by atoms with E-state index in [2.05, 4.69) is 36.1 Å². The maximum Gasteiger partial charge on any atom is 0.159 e. The average molecular weight is 461 g/mol. The lowest BCUT2D eigenvalue weighted by atomic mass is 10.1. The maximum atomic E-state index is 6.04. The molecule has 130 valence electrons. The van der Waals surface area contributed by atoms with Crippen LogP contribution >= 0.6 is 50.7 Å². The Hall–Kier alpha value is -0.850. The highest BCUT2D eigenvalue weighted by Crippen LogP contribution is 2.33. The zero-order valence-electron chi connectivity index (χ0n) is 13.1. The fourth-order valence-electron chi connectivity index (χ4n) is 3.03. The van der Waals surface area contributed by atoms with E-state index in [4.69, 9.17) is 34.8 Å². The van der Waals surface area contributed by atoms with E-state index in [1.54, 1.807) is 6.07 Å². The lowest BCUT2D eigenvalue weighted by Gasteiger charge is -2.41. The molecule has 4 nitrogen and oxygen atoms in total. The molecule has 2 aromatic rings.